The van der Waals surface area contributed by atoms with Crippen LogP contribution in [0, 0.1) is 0 Å². The van der Waals surface area contributed by atoms with Gasteiger partial charge in [-0.15, -0.1) is 11.3 Å². The number of ether oxygens (including phenoxy) is 1. The molecular weight excluding hydrogens is 452 g/mol. The molecule has 0 fully saturated rings. The molecule has 35 heavy (non-hydrogen) atoms. The van der Waals surface area contributed by atoms with Gasteiger partial charge in [0.2, 0.25) is 0 Å². The molecule has 0 bridgehead atoms. The first-order valence-electron chi connectivity index (χ1n) is 11.9. The number of nitrogen functional groups attached to an aromatic ring is 1. The number of hydrogen-bond acceptors (Lipinski definition) is 5. The Morgan fingerprint density at radius 1 is 1.03 bits per heavy atom. The molecule has 0 aliphatic carbocycles. The summed E-state index contributed by atoms with van der Waals surface area (Å²) in [7, 11) is 1.73. The fraction of sp³-hybridized carbons (Fsp3) is 0.207. The molecule has 0 radical (unpaired) electrons. The number of aromatic nitrogens is 2. The molecule has 0 unspecified atom stereocenters. The molecule has 2 aromatic carbocycles. The van der Waals surface area contributed by atoms with Gasteiger partial charge in [0, 0.05) is 67.6 Å². The van der Waals surface area contributed by atoms with Crippen LogP contribution in [0.5, 0.6) is 5.75 Å². The third kappa shape index (κ3) is 4.20. The van der Waals surface area contributed by atoms with Gasteiger partial charge in [-0.05, 0) is 30.8 Å². The number of H-pyrrole nitrogens is 1. The molecule has 0 aliphatic heterocycles. The van der Waals surface area contributed by atoms with Crippen LogP contribution in [0.1, 0.15) is 19.4 Å². The lowest BCUT2D eigenvalue weighted by molar-refractivity contribution is 0.338. The Balaban J connectivity index is 1.63. The first-order valence-corrected chi connectivity index (χ1v) is 12.8. The maximum Gasteiger partial charge on any atom is 0.134 e. The zero-order valence-corrected chi connectivity index (χ0v) is 21.2. The molecule has 178 valence electrons. The van der Waals surface area contributed by atoms with Crippen LogP contribution in [0.25, 0.3) is 49.3 Å². The van der Waals surface area contributed by atoms with Crippen LogP contribution in [0.2, 0.25) is 0 Å². The summed E-state index contributed by atoms with van der Waals surface area (Å²) in [5.41, 5.74) is 12.9. The highest BCUT2D eigenvalue weighted by Gasteiger charge is 2.19. The number of aromatic amines is 1. The summed E-state index contributed by atoms with van der Waals surface area (Å²) < 4.78 is 7.17. The van der Waals surface area contributed by atoms with Crippen molar-refractivity contribution in [3.63, 3.8) is 0 Å². The highest BCUT2D eigenvalue weighted by atomic mass is 32.1. The molecule has 6 heteroatoms. The van der Waals surface area contributed by atoms with Crippen molar-refractivity contribution in [2.24, 2.45) is 0 Å². The number of para-hydroxylation sites is 1. The van der Waals surface area contributed by atoms with Crippen LogP contribution in [0.4, 0.5) is 5.82 Å². The van der Waals surface area contributed by atoms with Gasteiger partial charge in [0.1, 0.15) is 11.6 Å². The first kappa shape index (κ1) is 23.1. The molecule has 3 N–H and O–H groups in total. The smallest absolute Gasteiger partial charge is 0.134 e. The Bertz CT molecular complexity index is 1510. The molecule has 3 heterocycles. The number of rotatable bonds is 8. The van der Waals surface area contributed by atoms with Crippen LogP contribution in [-0.2, 0) is 0 Å². The number of nitrogens with two attached hydrogens (primary N) is 1. The lowest BCUT2D eigenvalue weighted by atomic mass is 9.95. The van der Waals surface area contributed by atoms with Crippen molar-refractivity contribution < 1.29 is 4.74 Å². The van der Waals surface area contributed by atoms with Gasteiger partial charge >= 0.3 is 0 Å². The van der Waals surface area contributed by atoms with Crippen LogP contribution in [0.3, 0.4) is 0 Å². The summed E-state index contributed by atoms with van der Waals surface area (Å²) in [5, 5.41) is 4.32. The maximum absolute atomic E-state index is 6.45. The van der Waals surface area contributed by atoms with E-state index < -0.39 is 0 Å². The predicted molar refractivity (Wildman–Crippen MR) is 150 cm³/mol. The topological polar surface area (TPSA) is 67.2 Å². The Morgan fingerprint density at radius 3 is 2.54 bits per heavy atom. The van der Waals surface area contributed by atoms with Gasteiger partial charge in [-0.1, -0.05) is 56.3 Å². The predicted octanol–water partition coefficient (Wildman–Crippen LogP) is 7.06. The lowest BCUT2D eigenvalue weighted by Gasteiger charge is -2.15. The molecule has 5 aromatic rings. The fourth-order valence-electron chi connectivity index (χ4n) is 4.72. The monoisotopic (exact) mass is 482 g/mol. The van der Waals surface area contributed by atoms with E-state index in [2.05, 4.69) is 88.7 Å². The molecule has 0 saturated heterocycles. The van der Waals surface area contributed by atoms with E-state index in [-0.39, 0.29) is 0 Å². The number of nitrogens with zero attached hydrogens (tertiary/aromatic N) is 2. The normalized spacial score (nSPS) is 11.9. The molecule has 5 rings (SSSR count). The molecule has 0 amide bonds. The average Bonchev–Trinajstić information content (AvgIpc) is 3.55. The summed E-state index contributed by atoms with van der Waals surface area (Å²) in [6, 6.07) is 14.7. The van der Waals surface area contributed by atoms with E-state index in [1.54, 1.807) is 18.4 Å². The number of anilines is 1. The van der Waals surface area contributed by atoms with Gasteiger partial charge in [0.25, 0.3) is 0 Å². The number of thiophene rings is 1. The molecule has 3 aromatic heterocycles. The third-order valence-corrected chi connectivity index (χ3v) is 7.63. The van der Waals surface area contributed by atoms with Gasteiger partial charge in [-0.25, -0.2) is 4.98 Å². The molecule has 0 saturated carbocycles. The molecule has 5 nitrogen and oxygen atoms in total. The number of pyridine rings is 1. The van der Waals surface area contributed by atoms with E-state index in [1.807, 2.05) is 12.4 Å². The minimum absolute atomic E-state index is 0.539. The lowest BCUT2D eigenvalue weighted by Crippen LogP contribution is -2.22. The van der Waals surface area contributed by atoms with Gasteiger partial charge in [-0.2, -0.15) is 0 Å². The molecular formula is C29H30N4OS. The first-order chi connectivity index (χ1) is 17.2. The van der Waals surface area contributed by atoms with Crippen molar-refractivity contribution >= 4 is 44.2 Å². The highest BCUT2D eigenvalue weighted by Crippen LogP contribution is 2.46. The van der Waals surface area contributed by atoms with Crippen molar-refractivity contribution in [1.82, 2.24) is 14.9 Å². The van der Waals surface area contributed by atoms with E-state index in [0.717, 1.165) is 68.8 Å². The zero-order chi connectivity index (χ0) is 24.4. The van der Waals surface area contributed by atoms with E-state index in [4.69, 9.17) is 10.5 Å². The summed E-state index contributed by atoms with van der Waals surface area (Å²) in [6.45, 7) is 7.35. The second kappa shape index (κ2) is 9.94. The van der Waals surface area contributed by atoms with Crippen molar-refractivity contribution in [2.75, 3.05) is 32.5 Å². The quantitative estimate of drug-likeness (QED) is 0.248. The number of methoxy groups -OCH3 is 1. The fourth-order valence-corrected chi connectivity index (χ4v) is 5.79. The number of fused-ring (bicyclic) bond motifs is 2. The van der Waals surface area contributed by atoms with Crippen LogP contribution in [-0.4, -0.2) is 41.6 Å². The second-order valence-corrected chi connectivity index (χ2v) is 9.35. The largest absolute Gasteiger partial charge is 0.495 e. The number of likely N-dealkylation sites (N-methyl/N-ethyl adjacent to an activating group) is 1. The van der Waals surface area contributed by atoms with E-state index >= 15 is 0 Å². The molecule has 0 spiro atoms. The Hall–Kier alpha value is -3.61. The summed E-state index contributed by atoms with van der Waals surface area (Å²) in [6.07, 6.45) is 8.21. The third-order valence-electron chi connectivity index (χ3n) is 6.60. The van der Waals surface area contributed by atoms with Gasteiger partial charge in [0.05, 0.1) is 7.11 Å². The number of benzene rings is 2. The molecule has 0 aliphatic rings. The van der Waals surface area contributed by atoms with Gasteiger partial charge < -0.3 is 20.4 Å². The number of hydrogen-bond donors (Lipinski definition) is 2. The minimum Gasteiger partial charge on any atom is -0.495 e. The molecule has 0 atom stereocenters. The summed E-state index contributed by atoms with van der Waals surface area (Å²) in [4.78, 5) is 10.2. The second-order valence-electron chi connectivity index (χ2n) is 8.47. The van der Waals surface area contributed by atoms with Crippen LogP contribution in [0.15, 0.2) is 66.3 Å². The summed E-state index contributed by atoms with van der Waals surface area (Å²) in [5.74, 6) is 1.38. The Kier molecular flexibility index (Phi) is 6.57. The van der Waals surface area contributed by atoms with Crippen LogP contribution < -0.4 is 10.5 Å². The Morgan fingerprint density at radius 2 is 1.77 bits per heavy atom. The number of nitrogens with one attached hydrogen (secondary N) is 1. The van der Waals surface area contributed by atoms with Gasteiger partial charge in [-0.3, -0.25) is 0 Å². The van der Waals surface area contributed by atoms with Gasteiger partial charge in [0.15, 0.2) is 0 Å². The van der Waals surface area contributed by atoms with Crippen molar-refractivity contribution in [3.05, 3.63) is 71.9 Å². The van der Waals surface area contributed by atoms with E-state index in [9.17, 15) is 0 Å². The highest BCUT2D eigenvalue weighted by molar-refractivity contribution is 7.18. The van der Waals surface area contributed by atoms with Crippen molar-refractivity contribution in [1.29, 1.82) is 0 Å². The standard InChI is InChI=1S/C29H30N4OS/c1-4-33(5-2)16-8-9-19-17-32-29(30)26-24(18-35-28(19)26)23-12-6-11-22(27(23)34-3)20-10-7-13-25-21(20)14-15-31-25/h6-15,17-18,31H,4-5,16H2,1-3H3,(H2,30,32)/b9-8+. The summed E-state index contributed by atoms with van der Waals surface area (Å²) >= 11 is 1.70. The van der Waals surface area contributed by atoms with Crippen molar-refractivity contribution in [3.8, 4) is 28.0 Å². The maximum atomic E-state index is 6.45. The average molecular weight is 483 g/mol. The van der Waals surface area contributed by atoms with E-state index in [1.165, 1.54) is 5.39 Å². The zero-order valence-electron chi connectivity index (χ0n) is 20.3. The Labute approximate surface area is 209 Å². The van der Waals surface area contributed by atoms with E-state index in [0.29, 0.717) is 5.82 Å². The van der Waals surface area contributed by atoms with Crippen LogP contribution >= 0.6 is 11.3 Å². The SMILES string of the molecule is CCN(CC)C/C=C/c1cnc(N)c2c(-c3cccc(-c4cccc5[nH]ccc45)c3OC)csc12. The van der Waals surface area contributed by atoms with Crippen molar-refractivity contribution in [2.45, 2.75) is 13.8 Å². The minimum atomic E-state index is 0.539.